The molecule has 6 nitrogen and oxygen atoms in total. The summed E-state index contributed by atoms with van der Waals surface area (Å²) in [4.78, 5) is 24.4. The van der Waals surface area contributed by atoms with Gasteiger partial charge in [0.05, 0.1) is 25.4 Å². The molecule has 2 unspecified atom stereocenters. The number of ether oxygens (including phenoxy) is 1. The van der Waals surface area contributed by atoms with E-state index in [-0.39, 0.29) is 18.5 Å². The third-order valence-corrected chi connectivity index (χ3v) is 11.2. The first-order chi connectivity index (χ1) is 28.0. The molecule has 0 bridgehead atoms. The number of nitrogens with one attached hydrogen (secondary N) is 1. The van der Waals surface area contributed by atoms with Crippen LogP contribution >= 0.6 is 0 Å². The van der Waals surface area contributed by atoms with E-state index in [1.165, 1.54) is 154 Å². The van der Waals surface area contributed by atoms with Gasteiger partial charge in [0.2, 0.25) is 5.91 Å². The van der Waals surface area contributed by atoms with Gasteiger partial charge < -0.3 is 20.3 Å². The van der Waals surface area contributed by atoms with E-state index in [9.17, 15) is 19.8 Å². The van der Waals surface area contributed by atoms with Gasteiger partial charge in [0, 0.05) is 12.8 Å². The van der Waals surface area contributed by atoms with Crippen molar-refractivity contribution in [3.63, 3.8) is 0 Å². The topological polar surface area (TPSA) is 95.9 Å². The van der Waals surface area contributed by atoms with E-state index in [4.69, 9.17) is 4.74 Å². The van der Waals surface area contributed by atoms with Crippen LogP contribution in [0.25, 0.3) is 0 Å². The molecule has 0 aliphatic carbocycles. The van der Waals surface area contributed by atoms with E-state index >= 15 is 0 Å². The lowest BCUT2D eigenvalue weighted by molar-refractivity contribution is -0.143. The molecular formula is C51H95NO5. The van der Waals surface area contributed by atoms with Gasteiger partial charge in [0.25, 0.3) is 0 Å². The molecule has 0 aromatic carbocycles. The minimum atomic E-state index is -0.863. The minimum Gasteiger partial charge on any atom is -0.466 e. The van der Waals surface area contributed by atoms with E-state index in [1.807, 2.05) is 6.08 Å². The zero-order valence-corrected chi connectivity index (χ0v) is 37.8. The lowest BCUT2D eigenvalue weighted by Crippen LogP contribution is -2.45. The molecule has 0 saturated carbocycles. The Hall–Kier alpha value is -1.92. The highest BCUT2D eigenvalue weighted by Gasteiger charge is 2.18. The van der Waals surface area contributed by atoms with Gasteiger partial charge in [-0.2, -0.15) is 0 Å². The molecule has 1 amide bonds. The largest absolute Gasteiger partial charge is 0.466 e. The van der Waals surface area contributed by atoms with Gasteiger partial charge in [-0.05, 0) is 57.8 Å². The van der Waals surface area contributed by atoms with Gasteiger partial charge in [-0.1, -0.05) is 217 Å². The Morgan fingerprint density at radius 2 is 0.895 bits per heavy atom. The van der Waals surface area contributed by atoms with Gasteiger partial charge in [-0.3, -0.25) is 9.59 Å². The predicted molar refractivity (Wildman–Crippen MR) is 246 cm³/mol. The number of esters is 1. The second kappa shape index (κ2) is 46.8. The Kier molecular flexibility index (Phi) is 45.2. The van der Waals surface area contributed by atoms with Crippen LogP contribution in [0.15, 0.2) is 36.5 Å². The SMILES string of the molecule is CCCC/C=C\C/C=C\CCCCCCCC(=O)OCCCCCCCCCCCC(=O)NC(CO)C(O)/C=C/CCCCCCCCCCCCCCCCC. The fourth-order valence-electron chi connectivity index (χ4n) is 7.30. The molecule has 0 aliphatic rings. The number of rotatable bonds is 45. The molecule has 57 heavy (non-hydrogen) atoms. The van der Waals surface area contributed by atoms with Crippen LogP contribution in [0.5, 0.6) is 0 Å². The van der Waals surface area contributed by atoms with Gasteiger partial charge in [-0.15, -0.1) is 0 Å². The number of carbonyl (C=O) groups is 2. The average molecular weight is 802 g/mol. The summed E-state index contributed by atoms with van der Waals surface area (Å²) in [6.45, 7) is 4.79. The van der Waals surface area contributed by atoms with Crippen molar-refractivity contribution in [1.29, 1.82) is 0 Å². The van der Waals surface area contributed by atoms with Crippen LogP contribution in [-0.4, -0.2) is 47.4 Å². The van der Waals surface area contributed by atoms with E-state index < -0.39 is 12.1 Å². The fraction of sp³-hybridized carbons (Fsp3) is 0.843. The smallest absolute Gasteiger partial charge is 0.305 e. The van der Waals surface area contributed by atoms with Crippen molar-refractivity contribution in [2.24, 2.45) is 0 Å². The molecule has 0 fully saturated rings. The number of amides is 1. The first kappa shape index (κ1) is 55.1. The lowest BCUT2D eigenvalue weighted by atomic mass is 10.0. The summed E-state index contributed by atoms with van der Waals surface area (Å²) in [5, 5.41) is 23.0. The van der Waals surface area contributed by atoms with Crippen molar-refractivity contribution >= 4 is 11.9 Å². The second-order valence-electron chi connectivity index (χ2n) is 16.8. The Morgan fingerprint density at radius 1 is 0.491 bits per heavy atom. The summed E-state index contributed by atoms with van der Waals surface area (Å²) in [5.74, 6) is -0.139. The van der Waals surface area contributed by atoms with Crippen molar-refractivity contribution in [1.82, 2.24) is 5.32 Å². The van der Waals surface area contributed by atoms with Crippen LogP contribution in [0.2, 0.25) is 0 Å². The monoisotopic (exact) mass is 802 g/mol. The van der Waals surface area contributed by atoms with Crippen LogP contribution in [0.4, 0.5) is 0 Å². The van der Waals surface area contributed by atoms with Crippen LogP contribution < -0.4 is 5.32 Å². The van der Waals surface area contributed by atoms with Crippen LogP contribution in [-0.2, 0) is 14.3 Å². The van der Waals surface area contributed by atoms with E-state index in [1.54, 1.807) is 6.08 Å². The quantitative estimate of drug-likeness (QED) is 0.0324. The zero-order valence-electron chi connectivity index (χ0n) is 37.8. The maximum atomic E-state index is 12.4. The number of carbonyl (C=O) groups excluding carboxylic acids is 2. The predicted octanol–water partition coefficient (Wildman–Crippen LogP) is 14.5. The highest BCUT2D eigenvalue weighted by atomic mass is 16.5. The Morgan fingerprint density at radius 3 is 1.39 bits per heavy atom. The number of aliphatic hydroxyl groups is 2. The Labute approximate surface area is 353 Å². The van der Waals surface area contributed by atoms with Crippen LogP contribution in [0.3, 0.4) is 0 Å². The van der Waals surface area contributed by atoms with Crippen molar-refractivity contribution < 1.29 is 24.5 Å². The number of hydrogen-bond donors (Lipinski definition) is 3. The molecular weight excluding hydrogens is 707 g/mol. The second-order valence-corrected chi connectivity index (χ2v) is 16.8. The summed E-state index contributed by atoms with van der Waals surface area (Å²) in [6.07, 6.45) is 55.6. The van der Waals surface area contributed by atoms with Gasteiger partial charge >= 0.3 is 5.97 Å². The maximum Gasteiger partial charge on any atom is 0.305 e. The van der Waals surface area contributed by atoms with E-state index in [0.29, 0.717) is 19.4 Å². The summed E-state index contributed by atoms with van der Waals surface area (Å²) in [7, 11) is 0. The summed E-state index contributed by atoms with van der Waals surface area (Å²) < 4.78 is 5.43. The van der Waals surface area contributed by atoms with Crippen molar-refractivity contribution in [2.75, 3.05) is 13.2 Å². The van der Waals surface area contributed by atoms with Crippen LogP contribution in [0, 0.1) is 0 Å². The molecule has 6 heteroatoms. The summed E-state index contributed by atoms with van der Waals surface area (Å²) in [6, 6.07) is -0.649. The zero-order chi connectivity index (χ0) is 41.5. The number of hydrogen-bond acceptors (Lipinski definition) is 5. The normalized spacial score (nSPS) is 13.0. The summed E-state index contributed by atoms with van der Waals surface area (Å²) in [5.41, 5.74) is 0. The third kappa shape index (κ3) is 43.5. The molecule has 334 valence electrons. The molecule has 0 saturated heterocycles. The standard InChI is InChI=1S/C51H95NO5/c1-3-5-7-9-11-13-15-17-19-20-21-22-24-27-31-35-39-43-49(54)48(47-53)52-50(55)44-40-36-32-28-26-30-34-38-42-46-57-51(56)45-41-37-33-29-25-23-18-16-14-12-10-8-6-4-2/h10,12,16,18,39,43,48-49,53-54H,3-9,11,13-15,17,19-38,40-42,44-47H2,1-2H3,(H,52,55)/b12-10-,18-16-,43-39+. The van der Waals surface area contributed by atoms with Gasteiger partial charge in [-0.25, -0.2) is 0 Å². The fourth-order valence-corrected chi connectivity index (χ4v) is 7.30. The first-order valence-electron chi connectivity index (χ1n) is 24.8. The molecule has 0 rings (SSSR count). The molecule has 2 atom stereocenters. The lowest BCUT2D eigenvalue weighted by Gasteiger charge is -2.20. The van der Waals surface area contributed by atoms with Crippen molar-refractivity contribution in [2.45, 2.75) is 264 Å². The number of aliphatic hydroxyl groups excluding tert-OH is 2. The first-order valence-corrected chi connectivity index (χ1v) is 24.8. The molecule has 3 N–H and O–H groups in total. The molecule has 0 aromatic rings. The van der Waals surface area contributed by atoms with Gasteiger partial charge in [0.1, 0.15) is 0 Å². The van der Waals surface area contributed by atoms with Gasteiger partial charge in [0.15, 0.2) is 0 Å². The molecule has 0 spiro atoms. The minimum absolute atomic E-state index is 0.0424. The average Bonchev–Trinajstić information content (AvgIpc) is 3.21. The van der Waals surface area contributed by atoms with Crippen LogP contribution in [0.1, 0.15) is 251 Å². The third-order valence-electron chi connectivity index (χ3n) is 11.2. The molecule has 0 heterocycles. The number of allylic oxidation sites excluding steroid dienone is 5. The number of unbranched alkanes of at least 4 members (excludes halogenated alkanes) is 30. The van der Waals surface area contributed by atoms with E-state index in [0.717, 1.165) is 70.6 Å². The molecule has 0 radical (unpaired) electrons. The molecule has 0 aromatic heterocycles. The van der Waals surface area contributed by atoms with Crippen molar-refractivity contribution in [3.05, 3.63) is 36.5 Å². The van der Waals surface area contributed by atoms with E-state index in [2.05, 4.69) is 43.5 Å². The highest BCUT2D eigenvalue weighted by molar-refractivity contribution is 5.76. The molecule has 0 aliphatic heterocycles. The Balaban J connectivity index is 3.56. The van der Waals surface area contributed by atoms with Crippen molar-refractivity contribution in [3.8, 4) is 0 Å². The summed E-state index contributed by atoms with van der Waals surface area (Å²) >= 11 is 0. The highest BCUT2D eigenvalue weighted by Crippen LogP contribution is 2.15. The Bertz CT molecular complexity index is 931. The maximum absolute atomic E-state index is 12.4.